The van der Waals surface area contributed by atoms with Gasteiger partial charge in [0, 0.05) is 30.3 Å². The zero-order valence-corrected chi connectivity index (χ0v) is 21.8. The Bertz CT molecular complexity index is 1590. The SMILES string of the molecule is CCCN(Cc1ccccc1)c1cc(CC(=O)Nc2ccc(F)cc2F)cc(-c2ccccc2-c2nn[nH]n2)n1. The molecule has 2 N–H and O–H groups in total. The zero-order chi connectivity index (χ0) is 27.9. The molecule has 0 aliphatic carbocycles. The predicted molar refractivity (Wildman–Crippen MR) is 149 cm³/mol. The highest BCUT2D eigenvalue weighted by molar-refractivity contribution is 5.92. The summed E-state index contributed by atoms with van der Waals surface area (Å²) in [6.45, 7) is 3.47. The Kier molecular flexibility index (Phi) is 8.15. The van der Waals surface area contributed by atoms with Gasteiger partial charge in [-0.15, -0.1) is 10.2 Å². The van der Waals surface area contributed by atoms with Crippen LogP contribution in [0.4, 0.5) is 20.3 Å². The van der Waals surface area contributed by atoms with Crippen LogP contribution in [-0.2, 0) is 17.8 Å². The molecule has 0 aliphatic rings. The highest BCUT2D eigenvalue weighted by Crippen LogP contribution is 2.31. The van der Waals surface area contributed by atoms with E-state index in [0.29, 0.717) is 29.4 Å². The number of anilines is 2. The van der Waals surface area contributed by atoms with Gasteiger partial charge in [-0.1, -0.05) is 61.5 Å². The average molecular weight is 540 g/mol. The molecule has 1 amide bonds. The minimum Gasteiger partial charge on any atom is -0.352 e. The molecular weight excluding hydrogens is 512 g/mol. The van der Waals surface area contributed by atoms with Crippen molar-refractivity contribution < 1.29 is 13.6 Å². The van der Waals surface area contributed by atoms with Crippen LogP contribution in [0.2, 0.25) is 0 Å². The number of benzene rings is 3. The number of nitrogens with one attached hydrogen (secondary N) is 2. The van der Waals surface area contributed by atoms with Gasteiger partial charge in [-0.3, -0.25) is 4.79 Å². The maximum absolute atomic E-state index is 14.2. The van der Waals surface area contributed by atoms with Crippen LogP contribution in [0.3, 0.4) is 0 Å². The third-order valence-corrected chi connectivity index (χ3v) is 6.26. The largest absolute Gasteiger partial charge is 0.352 e. The number of rotatable bonds is 10. The van der Waals surface area contributed by atoms with Gasteiger partial charge < -0.3 is 10.2 Å². The topological polar surface area (TPSA) is 99.7 Å². The normalized spacial score (nSPS) is 10.9. The van der Waals surface area contributed by atoms with Gasteiger partial charge in [0.1, 0.15) is 17.5 Å². The molecule has 8 nitrogen and oxygen atoms in total. The van der Waals surface area contributed by atoms with Crippen molar-refractivity contribution in [3.8, 4) is 22.6 Å². The number of H-pyrrole nitrogens is 1. The number of hydrogen-bond donors (Lipinski definition) is 2. The van der Waals surface area contributed by atoms with Gasteiger partial charge in [-0.25, -0.2) is 13.8 Å². The van der Waals surface area contributed by atoms with Crippen LogP contribution in [0, 0.1) is 11.6 Å². The number of nitrogens with zero attached hydrogens (tertiary/aromatic N) is 5. The Morgan fingerprint density at radius 3 is 2.42 bits per heavy atom. The fourth-order valence-corrected chi connectivity index (χ4v) is 4.47. The quantitative estimate of drug-likeness (QED) is 0.233. The van der Waals surface area contributed by atoms with Gasteiger partial charge in [0.15, 0.2) is 0 Å². The van der Waals surface area contributed by atoms with E-state index in [1.807, 2.05) is 54.6 Å². The van der Waals surface area contributed by atoms with Crippen molar-refractivity contribution in [2.45, 2.75) is 26.3 Å². The third kappa shape index (κ3) is 6.35. The van der Waals surface area contributed by atoms with Gasteiger partial charge in [-0.05, 0) is 47.0 Å². The fraction of sp³-hybridized carbons (Fsp3) is 0.167. The number of aromatic nitrogens is 5. The summed E-state index contributed by atoms with van der Waals surface area (Å²) >= 11 is 0. The second-order valence-corrected chi connectivity index (χ2v) is 9.26. The van der Waals surface area contributed by atoms with Gasteiger partial charge in [0.2, 0.25) is 11.7 Å². The molecule has 2 aromatic heterocycles. The van der Waals surface area contributed by atoms with Crippen molar-refractivity contribution in [1.29, 1.82) is 0 Å². The summed E-state index contributed by atoms with van der Waals surface area (Å²) in [7, 11) is 0. The molecule has 0 aliphatic heterocycles. The van der Waals surface area contributed by atoms with E-state index in [9.17, 15) is 13.6 Å². The molecule has 202 valence electrons. The zero-order valence-electron chi connectivity index (χ0n) is 21.8. The van der Waals surface area contributed by atoms with Crippen molar-refractivity contribution in [2.75, 3.05) is 16.8 Å². The van der Waals surface area contributed by atoms with Crippen molar-refractivity contribution in [1.82, 2.24) is 25.6 Å². The average Bonchev–Trinajstić information content (AvgIpc) is 3.50. The van der Waals surface area contributed by atoms with E-state index in [1.54, 1.807) is 0 Å². The molecule has 0 saturated carbocycles. The molecule has 0 spiro atoms. The van der Waals surface area contributed by atoms with Crippen molar-refractivity contribution in [2.24, 2.45) is 0 Å². The summed E-state index contributed by atoms with van der Waals surface area (Å²) in [5.41, 5.74) is 3.85. The van der Waals surface area contributed by atoms with Gasteiger partial charge in [0.05, 0.1) is 17.8 Å². The van der Waals surface area contributed by atoms with Crippen molar-refractivity contribution >= 4 is 17.4 Å². The van der Waals surface area contributed by atoms with Crippen LogP contribution in [0.1, 0.15) is 24.5 Å². The molecule has 2 heterocycles. The van der Waals surface area contributed by atoms with Gasteiger partial charge >= 0.3 is 0 Å². The molecule has 40 heavy (non-hydrogen) atoms. The van der Waals surface area contributed by atoms with Crippen LogP contribution < -0.4 is 10.2 Å². The lowest BCUT2D eigenvalue weighted by Gasteiger charge is -2.25. The molecule has 5 aromatic rings. The number of carbonyl (C=O) groups is 1. The first-order chi connectivity index (χ1) is 19.5. The number of pyridine rings is 1. The molecular formula is C30H27F2N7O. The van der Waals surface area contributed by atoms with E-state index in [1.165, 1.54) is 6.07 Å². The molecule has 0 fully saturated rings. The second-order valence-electron chi connectivity index (χ2n) is 9.26. The lowest BCUT2D eigenvalue weighted by Crippen LogP contribution is -2.25. The Hall–Kier alpha value is -4.99. The predicted octanol–water partition coefficient (Wildman–Crippen LogP) is 5.80. The maximum atomic E-state index is 14.2. The van der Waals surface area contributed by atoms with Crippen LogP contribution >= 0.6 is 0 Å². The summed E-state index contributed by atoms with van der Waals surface area (Å²) in [6, 6.07) is 24.4. The number of amides is 1. The van der Waals surface area contributed by atoms with E-state index in [2.05, 4.69) is 49.9 Å². The summed E-state index contributed by atoms with van der Waals surface area (Å²) in [5.74, 6) is -0.875. The molecule has 10 heteroatoms. The minimum absolute atomic E-state index is 0.0466. The Morgan fingerprint density at radius 2 is 1.70 bits per heavy atom. The highest BCUT2D eigenvalue weighted by atomic mass is 19.1. The first-order valence-electron chi connectivity index (χ1n) is 12.9. The smallest absolute Gasteiger partial charge is 0.228 e. The number of carbonyl (C=O) groups excluding carboxylic acids is 1. The van der Waals surface area contributed by atoms with Crippen molar-refractivity contribution in [3.63, 3.8) is 0 Å². The van der Waals surface area contributed by atoms with E-state index >= 15 is 0 Å². The van der Waals surface area contributed by atoms with Gasteiger partial charge in [0.25, 0.3) is 0 Å². The summed E-state index contributed by atoms with van der Waals surface area (Å²) in [4.78, 5) is 20.2. The first-order valence-corrected chi connectivity index (χ1v) is 12.9. The van der Waals surface area contributed by atoms with Crippen LogP contribution in [0.5, 0.6) is 0 Å². The van der Waals surface area contributed by atoms with Crippen LogP contribution in [-0.4, -0.2) is 38.1 Å². The minimum atomic E-state index is -0.838. The lowest BCUT2D eigenvalue weighted by molar-refractivity contribution is -0.115. The lowest BCUT2D eigenvalue weighted by atomic mass is 10.0. The Balaban J connectivity index is 1.54. The number of hydrogen-bond acceptors (Lipinski definition) is 6. The monoisotopic (exact) mass is 539 g/mol. The molecule has 0 unspecified atom stereocenters. The van der Waals surface area contributed by atoms with Crippen LogP contribution in [0.15, 0.2) is 84.9 Å². The highest BCUT2D eigenvalue weighted by Gasteiger charge is 2.18. The van der Waals surface area contributed by atoms with Crippen molar-refractivity contribution in [3.05, 3.63) is 108 Å². The molecule has 3 aromatic carbocycles. The fourth-order valence-electron chi connectivity index (χ4n) is 4.47. The first kappa shape index (κ1) is 26.6. The van der Waals surface area contributed by atoms with Crippen LogP contribution in [0.25, 0.3) is 22.6 Å². The molecule has 0 atom stereocenters. The van der Waals surface area contributed by atoms with E-state index in [4.69, 9.17) is 4.98 Å². The summed E-state index contributed by atoms with van der Waals surface area (Å²) in [5, 5.41) is 17.0. The number of halogens is 2. The second kappa shape index (κ2) is 12.2. The van der Waals surface area contributed by atoms with E-state index in [-0.39, 0.29) is 12.1 Å². The maximum Gasteiger partial charge on any atom is 0.228 e. The Morgan fingerprint density at radius 1 is 0.925 bits per heavy atom. The Labute approximate surface area is 230 Å². The standard InChI is InChI=1S/C30H27F2N7O/c1-2-14-39(19-20-8-4-3-5-9-20)28-16-21(17-29(40)34-26-13-12-22(31)18-25(26)32)15-27(33-28)23-10-6-7-11-24(23)30-35-37-38-36-30/h3-13,15-16,18H,2,14,17,19H2,1H3,(H,34,40)(H,35,36,37,38). The molecule has 0 bridgehead atoms. The number of aromatic amines is 1. The van der Waals surface area contributed by atoms with E-state index in [0.717, 1.165) is 41.8 Å². The van der Waals surface area contributed by atoms with E-state index < -0.39 is 17.5 Å². The molecule has 0 radical (unpaired) electrons. The number of tetrazole rings is 1. The van der Waals surface area contributed by atoms with Gasteiger partial charge in [-0.2, -0.15) is 5.21 Å². The third-order valence-electron chi connectivity index (χ3n) is 6.26. The summed E-state index contributed by atoms with van der Waals surface area (Å²) < 4.78 is 27.5. The molecule has 0 saturated heterocycles. The summed E-state index contributed by atoms with van der Waals surface area (Å²) in [6.07, 6.45) is 0.840. The molecule has 5 rings (SSSR count).